The maximum absolute atomic E-state index is 12.5. The van der Waals surface area contributed by atoms with Gasteiger partial charge in [-0.05, 0) is 44.2 Å². The molecule has 4 heteroatoms. The van der Waals surface area contributed by atoms with E-state index in [1.165, 1.54) is 19.3 Å². The van der Waals surface area contributed by atoms with E-state index in [-0.39, 0.29) is 0 Å². The van der Waals surface area contributed by atoms with Crippen LogP contribution in [0.15, 0.2) is 0 Å². The van der Waals surface area contributed by atoms with Gasteiger partial charge in [0.2, 0.25) is 5.91 Å². The van der Waals surface area contributed by atoms with Crippen molar-refractivity contribution in [1.29, 1.82) is 0 Å². The first-order valence-electron chi connectivity index (χ1n) is 8.32. The Morgan fingerprint density at radius 1 is 1.30 bits per heavy atom. The number of amides is 1. The summed E-state index contributed by atoms with van der Waals surface area (Å²) in [6.07, 6.45) is 3.78. The highest BCUT2D eigenvalue weighted by Gasteiger charge is 2.27. The lowest BCUT2D eigenvalue weighted by atomic mass is 9.92. The van der Waals surface area contributed by atoms with Crippen molar-refractivity contribution in [2.24, 2.45) is 11.8 Å². The van der Waals surface area contributed by atoms with E-state index in [9.17, 15) is 4.79 Å². The third kappa shape index (κ3) is 4.45. The third-order valence-electron chi connectivity index (χ3n) is 4.67. The van der Waals surface area contributed by atoms with Gasteiger partial charge in [-0.2, -0.15) is 0 Å². The molecule has 2 saturated heterocycles. The van der Waals surface area contributed by atoms with Crippen LogP contribution in [0.25, 0.3) is 0 Å². The van der Waals surface area contributed by atoms with Crippen molar-refractivity contribution in [3.8, 4) is 0 Å². The standard InChI is InChI=1S/C16H31N3O/c1-4-18(11-15-6-5-7-17-15)12-16(20)19-9-13(2)8-14(3)10-19/h13-15,17H,4-12H2,1-3H3. The smallest absolute Gasteiger partial charge is 0.236 e. The van der Waals surface area contributed by atoms with Gasteiger partial charge in [-0.1, -0.05) is 20.8 Å². The second kappa shape index (κ2) is 7.41. The number of likely N-dealkylation sites (N-methyl/N-ethyl adjacent to an activating group) is 1. The van der Waals surface area contributed by atoms with Crippen LogP contribution in [-0.2, 0) is 4.79 Å². The van der Waals surface area contributed by atoms with E-state index < -0.39 is 0 Å². The van der Waals surface area contributed by atoms with Crippen LogP contribution in [0.2, 0.25) is 0 Å². The zero-order valence-electron chi connectivity index (χ0n) is 13.4. The molecule has 20 heavy (non-hydrogen) atoms. The Kier molecular flexibility index (Phi) is 5.85. The lowest BCUT2D eigenvalue weighted by Gasteiger charge is -2.36. The van der Waals surface area contributed by atoms with Crippen molar-refractivity contribution in [2.45, 2.75) is 46.1 Å². The van der Waals surface area contributed by atoms with E-state index in [0.29, 0.717) is 30.3 Å². The van der Waals surface area contributed by atoms with E-state index in [4.69, 9.17) is 0 Å². The Morgan fingerprint density at radius 3 is 2.55 bits per heavy atom. The fraction of sp³-hybridized carbons (Fsp3) is 0.938. The number of nitrogens with one attached hydrogen (secondary N) is 1. The number of rotatable bonds is 5. The summed E-state index contributed by atoms with van der Waals surface area (Å²) in [5.41, 5.74) is 0. The topological polar surface area (TPSA) is 35.6 Å². The highest BCUT2D eigenvalue weighted by molar-refractivity contribution is 5.78. The van der Waals surface area contributed by atoms with E-state index in [1.807, 2.05) is 0 Å². The van der Waals surface area contributed by atoms with Gasteiger partial charge in [0.05, 0.1) is 6.54 Å². The van der Waals surface area contributed by atoms with Crippen molar-refractivity contribution < 1.29 is 4.79 Å². The van der Waals surface area contributed by atoms with Crippen LogP contribution in [0, 0.1) is 11.8 Å². The Labute approximate surface area is 123 Å². The number of hydrogen-bond acceptors (Lipinski definition) is 3. The van der Waals surface area contributed by atoms with E-state index >= 15 is 0 Å². The molecule has 0 bridgehead atoms. The molecule has 2 aliphatic rings. The summed E-state index contributed by atoms with van der Waals surface area (Å²) < 4.78 is 0. The molecule has 2 fully saturated rings. The van der Waals surface area contributed by atoms with Crippen molar-refractivity contribution >= 4 is 5.91 Å². The molecule has 2 aliphatic heterocycles. The summed E-state index contributed by atoms with van der Waals surface area (Å²) in [5, 5.41) is 3.52. The Bertz CT molecular complexity index is 305. The fourth-order valence-corrected chi connectivity index (χ4v) is 3.69. The van der Waals surface area contributed by atoms with Crippen LogP contribution in [0.4, 0.5) is 0 Å². The van der Waals surface area contributed by atoms with Gasteiger partial charge in [-0.3, -0.25) is 9.69 Å². The zero-order chi connectivity index (χ0) is 14.5. The van der Waals surface area contributed by atoms with Gasteiger partial charge in [0.25, 0.3) is 0 Å². The molecule has 0 saturated carbocycles. The van der Waals surface area contributed by atoms with Gasteiger partial charge in [0.15, 0.2) is 0 Å². The quantitative estimate of drug-likeness (QED) is 0.831. The molecule has 1 N–H and O–H groups in total. The zero-order valence-corrected chi connectivity index (χ0v) is 13.4. The van der Waals surface area contributed by atoms with Crippen molar-refractivity contribution in [3.05, 3.63) is 0 Å². The largest absolute Gasteiger partial charge is 0.341 e. The molecule has 0 aliphatic carbocycles. The van der Waals surface area contributed by atoms with Gasteiger partial charge in [-0.15, -0.1) is 0 Å². The first kappa shape index (κ1) is 15.8. The molecular weight excluding hydrogens is 250 g/mol. The van der Waals surface area contributed by atoms with E-state index in [0.717, 1.165) is 32.7 Å². The average Bonchev–Trinajstić information content (AvgIpc) is 2.89. The van der Waals surface area contributed by atoms with Crippen molar-refractivity contribution in [1.82, 2.24) is 15.1 Å². The van der Waals surface area contributed by atoms with Crippen molar-refractivity contribution in [3.63, 3.8) is 0 Å². The SMILES string of the molecule is CCN(CC(=O)N1CC(C)CC(C)C1)CC1CCCN1. The van der Waals surface area contributed by atoms with E-state index in [2.05, 4.69) is 35.9 Å². The molecule has 4 nitrogen and oxygen atoms in total. The normalized spacial score (nSPS) is 31.0. The molecule has 3 unspecified atom stereocenters. The molecule has 116 valence electrons. The average molecular weight is 281 g/mol. The second-order valence-electron chi connectivity index (χ2n) is 6.87. The summed E-state index contributed by atoms with van der Waals surface area (Å²) in [5.74, 6) is 1.62. The molecule has 1 amide bonds. The maximum Gasteiger partial charge on any atom is 0.236 e. The minimum atomic E-state index is 0.322. The van der Waals surface area contributed by atoms with Gasteiger partial charge < -0.3 is 10.2 Å². The number of hydrogen-bond donors (Lipinski definition) is 1. The molecule has 2 rings (SSSR count). The fourth-order valence-electron chi connectivity index (χ4n) is 3.69. The monoisotopic (exact) mass is 281 g/mol. The molecule has 0 aromatic carbocycles. The third-order valence-corrected chi connectivity index (χ3v) is 4.67. The highest BCUT2D eigenvalue weighted by atomic mass is 16.2. The van der Waals surface area contributed by atoms with Gasteiger partial charge in [0.1, 0.15) is 0 Å². The Hall–Kier alpha value is -0.610. The number of carbonyl (C=O) groups is 1. The van der Waals surface area contributed by atoms with Crippen LogP contribution in [0.3, 0.4) is 0 Å². The van der Waals surface area contributed by atoms with Crippen molar-refractivity contribution in [2.75, 3.05) is 39.3 Å². The summed E-state index contributed by atoms with van der Waals surface area (Å²) in [6.45, 7) is 12.3. The van der Waals surface area contributed by atoms with Gasteiger partial charge in [-0.25, -0.2) is 0 Å². The number of carbonyl (C=O) groups excluding carboxylic acids is 1. The first-order chi connectivity index (χ1) is 9.58. The Balaban J connectivity index is 1.81. The maximum atomic E-state index is 12.5. The molecular formula is C16H31N3O. The lowest BCUT2D eigenvalue weighted by Crippen LogP contribution is -2.48. The summed E-state index contributed by atoms with van der Waals surface area (Å²) >= 11 is 0. The summed E-state index contributed by atoms with van der Waals surface area (Å²) in [4.78, 5) is 16.9. The summed E-state index contributed by atoms with van der Waals surface area (Å²) in [7, 11) is 0. The van der Waals surface area contributed by atoms with Crippen LogP contribution < -0.4 is 5.32 Å². The highest BCUT2D eigenvalue weighted by Crippen LogP contribution is 2.21. The first-order valence-corrected chi connectivity index (χ1v) is 8.32. The predicted molar refractivity (Wildman–Crippen MR) is 82.7 cm³/mol. The van der Waals surface area contributed by atoms with Gasteiger partial charge in [0, 0.05) is 25.7 Å². The minimum absolute atomic E-state index is 0.322. The predicted octanol–water partition coefficient (Wildman–Crippen LogP) is 1.56. The van der Waals surface area contributed by atoms with Crippen LogP contribution in [-0.4, -0.2) is 61.0 Å². The number of nitrogens with zero attached hydrogens (tertiary/aromatic N) is 2. The minimum Gasteiger partial charge on any atom is -0.341 e. The molecule has 2 heterocycles. The van der Waals surface area contributed by atoms with Gasteiger partial charge >= 0.3 is 0 Å². The number of likely N-dealkylation sites (tertiary alicyclic amines) is 1. The van der Waals surface area contributed by atoms with E-state index in [1.54, 1.807) is 0 Å². The van der Waals surface area contributed by atoms with Crippen LogP contribution in [0.1, 0.15) is 40.0 Å². The lowest BCUT2D eigenvalue weighted by molar-refractivity contribution is -0.135. The summed E-state index contributed by atoms with van der Waals surface area (Å²) in [6, 6.07) is 0.585. The second-order valence-corrected chi connectivity index (χ2v) is 6.87. The molecule has 3 atom stereocenters. The molecule has 0 spiro atoms. The van der Waals surface area contributed by atoms with Crippen LogP contribution >= 0.6 is 0 Å². The molecule has 0 aromatic heterocycles. The molecule has 0 radical (unpaired) electrons. The molecule has 0 aromatic rings. The van der Waals surface area contributed by atoms with Crippen LogP contribution in [0.5, 0.6) is 0 Å². The number of piperidine rings is 1. The Morgan fingerprint density at radius 2 is 2.00 bits per heavy atom.